The molecule has 3 fully saturated rings. The van der Waals surface area contributed by atoms with Gasteiger partial charge in [-0.1, -0.05) is 20.8 Å². The van der Waals surface area contributed by atoms with Crippen molar-refractivity contribution < 1.29 is 14.3 Å². The molecule has 3 aliphatic heterocycles. The predicted octanol–water partition coefficient (Wildman–Crippen LogP) is 4.47. The lowest BCUT2D eigenvalue weighted by Gasteiger charge is -2.39. The van der Waals surface area contributed by atoms with Crippen LogP contribution in [0.3, 0.4) is 0 Å². The Morgan fingerprint density at radius 1 is 0.953 bits per heavy atom. The second-order valence-corrected chi connectivity index (χ2v) is 13.3. The number of nitrogens with zero attached hydrogens (tertiary/aromatic N) is 4. The highest BCUT2D eigenvalue weighted by Gasteiger charge is 2.49. The van der Waals surface area contributed by atoms with Gasteiger partial charge in [-0.25, -0.2) is 0 Å². The molecule has 9 nitrogen and oxygen atoms in total. The van der Waals surface area contributed by atoms with Crippen LogP contribution in [-0.2, 0) is 4.79 Å². The van der Waals surface area contributed by atoms with E-state index in [9.17, 15) is 9.59 Å². The van der Waals surface area contributed by atoms with Crippen molar-refractivity contribution in [2.24, 2.45) is 16.6 Å². The molecule has 3 heterocycles. The topological polar surface area (TPSA) is 106 Å². The molecule has 0 radical (unpaired) electrons. The van der Waals surface area contributed by atoms with Gasteiger partial charge in [0.15, 0.2) is 0 Å². The molecular formula is C34H46N6O3. The third kappa shape index (κ3) is 6.42. The maximum atomic E-state index is 13.7. The van der Waals surface area contributed by atoms with Crippen molar-refractivity contribution in [1.82, 2.24) is 9.80 Å². The minimum absolute atomic E-state index is 0.0361. The van der Waals surface area contributed by atoms with Gasteiger partial charge in [-0.3, -0.25) is 14.5 Å². The standard InChI is InChI=1S/C34H46N6O3/c1-33(2,3)24-37-17-19-38(20-18-37)27-7-5-25(6-8-27)31(41)39-14-11-34(12-15-39)13-16-40(32(34)42)28-9-10-29(26(22-35)23-36)30(21-28)43-4/h5-10,21-23,35H,11-20,24,36H2,1-4H3/b26-23+,35-22?. The molecule has 2 aromatic carbocycles. The number of amides is 2. The monoisotopic (exact) mass is 586 g/mol. The number of piperidine rings is 1. The largest absolute Gasteiger partial charge is 0.496 e. The molecule has 3 saturated heterocycles. The summed E-state index contributed by atoms with van der Waals surface area (Å²) in [6, 6.07) is 13.6. The van der Waals surface area contributed by atoms with Crippen molar-refractivity contribution >= 4 is 35.0 Å². The molecule has 0 atom stereocenters. The van der Waals surface area contributed by atoms with Crippen molar-refractivity contribution in [3.8, 4) is 5.75 Å². The summed E-state index contributed by atoms with van der Waals surface area (Å²) in [6.45, 7) is 13.8. The minimum Gasteiger partial charge on any atom is -0.496 e. The summed E-state index contributed by atoms with van der Waals surface area (Å²) >= 11 is 0. The number of rotatable bonds is 7. The highest BCUT2D eigenvalue weighted by Crippen LogP contribution is 2.44. The number of carbonyl (C=O) groups excluding carboxylic acids is 2. The van der Waals surface area contributed by atoms with E-state index < -0.39 is 5.41 Å². The van der Waals surface area contributed by atoms with E-state index in [0.29, 0.717) is 60.3 Å². The van der Waals surface area contributed by atoms with Gasteiger partial charge in [-0.2, -0.15) is 0 Å². The molecule has 3 N–H and O–H groups in total. The molecule has 0 saturated carbocycles. The lowest BCUT2D eigenvalue weighted by molar-refractivity contribution is -0.127. The first-order valence-corrected chi connectivity index (χ1v) is 15.4. The van der Waals surface area contributed by atoms with E-state index >= 15 is 0 Å². The van der Waals surface area contributed by atoms with E-state index in [1.165, 1.54) is 18.1 Å². The molecule has 0 aromatic heterocycles. The smallest absolute Gasteiger partial charge is 0.253 e. The summed E-state index contributed by atoms with van der Waals surface area (Å²) in [6.07, 6.45) is 4.65. The zero-order chi connectivity index (χ0) is 30.8. The number of hydrogen-bond donors (Lipinski definition) is 2. The minimum atomic E-state index is -0.445. The number of nitrogens with two attached hydrogens (primary N) is 1. The quantitative estimate of drug-likeness (QED) is 0.464. The number of allylic oxidation sites excluding steroid dienone is 1. The fourth-order valence-corrected chi connectivity index (χ4v) is 6.80. The summed E-state index contributed by atoms with van der Waals surface area (Å²) in [5.41, 5.74) is 9.44. The van der Waals surface area contributed by atoms with E-state index in [2.05, 4.69) is 42.7 Å². The van der Waals surface area contributed by atoms with Crippen LogP contribution in [-0.4, -0.2) is 87.3 Å². The number of likely N-dealkylation sites (tertiary alicyclic amines) is 1. The van der Waals surface area contributed by atoms with Crippen LogP contribution in [0.4, 0.5) is 11.4 Å². The van der Waals surface area contributed by atoms with Gasteiger partial charge in [-0.05, 0) is 61.1 Å². The molecule has 9 heteroatoms. The van der Waals surface area contributed by atoms with Crippen molar-refractivity contribution in [2.45, 2.75) is 40.0 Å². The Kier molecular flexibility index (Phi) is 8.83. The normalized spacial score (nSPS) is 19.7. The average molecular weight is 587 g/mol. The van der Waals surface area contributed by atoms with E-state index in [1.807, 2.05) is 40.1 Å². The van der Waals surface area contributed by atoms with Gasteiger partial charge in [0.1, 0.15) is 5.75 Å². The lowest BCUT2D eigenvalue weighted by atomic mass is 9.77. The summed E-state index contributed by atoms with van der Waals surface area (Å²) in [4.78, 5) is 35.8. The molecular weight excluding hydrogens is 540 g/mol. The Hall–Kier alpha value is -3.85. The Morgan fingerprint density at radius 3 is 2.16 bits per heavy atom. The Labute approximate surface area is 255 Å². The number of benzene rings is 2. The zero-order valence-electron chi connectivity index (χ0n) is 26.1. The molecule has 43 heavy (non-hydrogen) atoms. The molecule has 3 aliphatic rings. The van der Waals surface area contributed by atoms with E-state index in [4.69, 9.17) is 15.9 Å². The number of carbonyl (C=O) groups is 2. The van der Waals surface area contributed by atoms with Crippen LogP contribution in [0.25, 0.3) is 5.57 Å². The van der Waals surface area contributed by atoms with Crippen LogP contribution in [0.5, 0.6) is 5.75 Å². The van der Waals surface area contributed by atoms with Crippen LogP contribution in [0.2, 0.25) is 0 Å². The number of piperazine rings is 1. The highest BCUT2D eigenvalue weighted by atomic mass is 16.5. The third-order valence-electron chi connectivity index (χ3n) is 9.21. The number of ether oxygens (including phenoxy) is 1. The van der Waals surface area contributed by atoms with Crippen molar-refractivity contribution in [3.63, 3.8) is 0 Å². The van der Waals surface area contributed by atoms with Gasteiger partial charge < -0.3 is 30.6 Å². The second-order valence-electron chi connectivity index (χ2n) is 13.3. The SMILES string of the molecule is COc1cc(N2CCC3(CCN(C(=O)c4ccc(N5CCN(CC(C)(C)C)CC5)cc4)CC3)C2=O)ccc1/C(C=N)=C/N. The maximum absolute atomic E-state index is 13.7. The number of anilines is 2. The fourth-order valence-electron chi connectivity index (χ4n) is 6.80. The van der Waals surface area contributed by atoms with Crippen LogP contribution < -0.4 is 20.3 Å². The van der Waals surface area contributed by atoms with Crippen LogP contribution in [0, 0.1) is 16.2 Å². The average Bonchev–Trinajstić information content (AvgIpc) is 3.32. The third-order valence-corrected chi connectivity index (χ3v) is 9.21. The zero-order valence-corrected chi connectivity index (χ0v) is 26.1. The maximum Gasteiger partial charge on any atom is 0.253 e. The first-order valence-electron chi connectivity index (χ1n) is 15.4. The van der Waals surface area contributed by atoms with Crippen molar-refractivity contribution in [3.05, 3.63) is 59.8 Å². The van der Waals surface area contributed by atoms with Crippen LogP contribution in [0.15, 0.2) is 48.7 Å². The van der Waals surface area contributed by atoms with Gasteiger partial charge in [0.25, 0.3) is 5.91 Å². The molecule has 5 rings (SSSR count). The van der Waals surface area contributed by atoms with Gasteiger partial charge in [0.05, 0.1) is 12.5 Å². The van der Waals surface area contributed by atoms with Gasteiger partial charge in [-0.15, -0.1) is 0 Å². The number of methoxy groups -OCH3 is 1. The molecule has 2 aromatic rings. The molecule has 230 valence electrons. The number of hydrogen-bond acceptors (Lipinski definition) is 7. The van der Waals surface area contributed by atoms with E-state index in [-0.39, 0.29) is 11.8 Å². The molecule has 0 unspecified atom stereocenters. The summed E-state index contributed by atoms with van der Waals surface area (Å²) in [5.74, 6) is 0.720. The summed E-state index contributed by atoms with van der Waals surface area (Å²) in [5, 5.41) is 7.61. The molecule has 1 spiro atoms. The molecule has 0 aliphatic carbocycles. The Morgan fingerprint density at radius 2 is 1.58 bits per heavy atom. The van der Waals surface area contributed by atoms with Gasteiger partial charge in [0.2, 0.25) is 5.91 Å². The molecule has 0 bridgehead atoms. The Balaban J connectivity index is 1.17. The highest BCUT2D eigenvalue weighted by molar-refractivity contribution is 6.09. The van der Waals surface area contributed by atoms with Gasteiger partial charge >= 0.3 is 0 Å². The van der Waals surface area contributed by atoms with Crippen LogP contribution >= 0.6 is 0 Å². The molecule has 2 amide bonds. The predicted molar refractivity (Wildman–Crippen MR) is 173 cm³/mol. The summed E-state index contributed by atoms with van der Waals surface area (Å²) in [7, 11) is 1.57. The first kappa shape index (κ1) is 30.6. The summed E-state index contributed by atoms with van der Waals surface area (Å²) < 4.78 is 5.56. The Bertz CT molecular complexity index is 1360. The number of nitrogens with one attached hydrogen (secondary N) is 1. The first-order chi connectivity index (χ1) is 20.6. The van der Waals surface area contributed by atoms with Gasteiger partial charge in [0, 0.05) is 98.9 Å². The second kappa shape index (κ2) is 12.4. The van der Waals surface area contributed by atoms with Crippen molar-refractivity contribution in [2.75, 3.05) is 69.3 Å². The van der Waals surface area contributed by atoms with Crippen molar-refractivity contribution in [1.29, 1.82) is 5.41 Å². The van der Waals surface area contributed by atoms with E-state index in [1.54, 1.807) is 7.11 Å². The lowest BCUT2D eigenvalue weighted by Crippen LogP contribution is -2.48. The van der Waals surface area contributed by atoms with E-state index in [0.717, 1.165) is 44.8 Å². The fraction of sp³-hybridized carbons (Fsp3) is 0.500. The van der Waals surface area contributed by atoms with Crippen LogP contribution in [0.1, 0.15) is 56.0 Å².